The highest BCUT2D eigenvalue weighted by atomic mass is 16.5. The minimum atomic E-state index is -0.990. The van der Waals surface area contributed by atoms with Gasteiger partial charge in [-0.25, -0.2) is 4.79 Å². The second-order valence-corrected chi connectivity index (χ2v) is 7.09. The second-order valence-electron chi connectivity index (χ2n) is 7.09. The molecule has 0 radical (unpaired) electrons. The van der Waals surface area contributed by atoms with Crippen molar-refractivity contribution in [1.82, 2.24) is 4.90 Å². The lowest BCUT2D eigenvalue weighted by molar-refractivity contribution is -0.139. The summed E-state index contributed by atoms with van der Waals surface area (Å²) >= 11 is 0. The Bertz CT molecular complexity index is 634. The fraction of sp³-hybridized carbons (Fsp3) is 0.545. The summed E-state index contributed by atoms with van der Waals surface area (Å²) in [6.07, 6.45) is 10.9. The van der Waals surface area contributed by atoms with Crippen molar-refractivity contribution in [1.29, 1.82) is 0 Å². The van der Waals surface area contributed by atoms with Crippen molar-refractivity contribution in [3.63, 3.8) is 0 Å². The standard InChI is InChI=1S/C22H32N2O4/c1-2-3-4-5-6-7-8-9-21(25)24-16-14-23(15-17-24)19-10-12-20(13-11-19)28-18-22(26)27/h8-13H,2-7,14-18H2,1H3,(H,26,27). The molecule has 1 aromatic carbocycles. The van der Waals surface area contributed by atoms with Gasteiger partial charge in [0.15, 0.2) is 6.61 Å². The lowest BCUT2D eigenvalue weighted by Gasteiger charge is -2.35. The zero-order chi connectivity index (χ0) is 20.2. The van der Waals surface area contributed by atoms with Gasteiger partial charge in [-0.2, -0.15) is 0 Å². The predicted molar refractivity (Wildman–Crippen MR) is 111 cm³/mol. The number of anilines is 1. The second kappa shape index (κ2) is 12.1. The number of hydrogen-bond acceptors (Lipinski definition) is 4. The summed E-state index contributed by atoms with van der Waals surface area (Å²) in [6, 6.07) is 7.40. The Morgan fingerprint density at radius 1 is 1.04 bits per heavy atom. The van der Waals surface area contributed by atoms with Crippen LogP contribution in [0.4, 0.5) is 5.69 Å². The summed E-state index contributed by atoms with van der Waals surface area (Å²) in [4.78, 5) is 27.0. The van der Waals surface area contributed by atoms with Crippen LogP contribution in [0.3, 0.4) is 0 Å². The minimum absolute atomic E-state index is 0.102. The van der Waals surface area contributed by atoms with Gasteiger partial charge in [-0.05, 0) is 43.2 Å². The highest BCUT2D eigenvalue weighted by Gasteiger charge is 2.19. The molecule has 0 atom stereocenters. The topological polar surface area (TPSA) is 70.1 Å². The molecule has 1 aliphatic rings. The minimum Gasteiger partial charge on any atom is -0.482 e. The average Bonchev–Trinajstić information content (AvgIpc) is 2.72. The van der Waals surface area contributed by atoms with Gasteiger partial charge in [0, 0.05) is 31.9 Å². The van der Waals surface area contributed by atoms with Crippen LogP contribution in [0.5, 0.6) is 5.75 Å². The van der Waals surface area contributed by atoms with Gasteiger partial charge in [0.2, 0.25) is 5.91 Å². The van der Waals surface area contributed by atoms with E-state index in [0.717, 1.165) is 31.6 Å². The molecule has 0 saturated carbocycles. The van der Waals surface area contributed by atoms with Crippen molar-refractivity contribution < 1.29 is 19.4 Å². The SMILES string of the molecule is CCCCCCCC=CC(=O)N1CCN(c2ccc(OCC(=O)O)cc2)CC1. The summed E-state index contributed by atoms with van der Waals surface area (Å²) in [5.74, 6) is -0.346. The van der Waals surface area contributed by atoms with Gasteiger partial charge < -0.3 is 19.6 Å². The molecule has 154 valence electrons. The summed E-state index contributed by atoms with van der Waals surface area (Å²) in [7, 11) is 0. The molecule has 1 amide bonds. The molecule has 1 aromatic rings. The summed E-state index contributed by atoms with van der Waals surface area (Å²) < 4.78 is 5.15. The Morgan fingerprint density at radius 3 is 2.36 bits per heavy atom. The van der Waals surface area contributed by atoms with Crippen molar-refractivity contribution in [3.05, 3.63) is 36.4 Å². The monoisotopic (exact) mass is 388 g/mol. The van der Waals surface area contributed by atoms with E-state index in [1.807, 2.05) is 23.1 Å². The van der Waals surface area contributed by atoms with E-state index in [9.17, 15) is 9.59 Å². The number of carbonyl (C=O) groups excluding carboxylic acids is 1. The number of allylic oxidation sites excluding steroid dienone is 1. The zero-order valence-corrected chi connectivity index (χ0v) is 16.8. The van der Waals surface area contributed by atoms with Crippen molar-refractivity contribution in [2.45, 2.75) is 45.4 Å². The molecule has 0 bridgehead atoms. The van der Waals surface area contributed by atoms with Crippen molar-refractivity contribution in [2.75, 3.05) is 37.7 Å². The van der Waals surface area contributed by atoms with E-state index in [2.05, 4.69) is 11.8 Å². The van der Waals surface area contributed by atoms with Gasteiger partial charge in [0.25, 0.3) is 0 Å². The van der Waals surface area contributed by atoms with Crippen LogP contribution >= 0.6 is 0 Å². The van der Waals surface area contributed by atoms with Crippen LogP contribution in [0.1, 0.15) is 45.4 Å². The van der Waals surface area contributed by atoms with E-state index in [0.29, 0.717) is 18.8 Å². The smallest absolute Gasteiger partial charge is 0.341 e. The maximum Gasteiger partial charge on any atom is 0.341 e. The molecule has 6 nitrogen and oxygen atoms in total. The first-order valence-electron chi connectivity index (χ1n) is 10.2. The number of piperazine rings is 1. The normalized spacial score (nSPS) is 14.5. The number of hydrogen-bond donors (Lipinski definition) is 1. The molecule has 1 saturated heterocycles. The molecule has 1 heterocycles. The van der Waals surface area contributed by atoms with Crippen LogP contribution in [0.15, 0.2) is 36.4 Å². The summed E-state index contributed by atoms with van der Waals surface area (Å²) in [5.41, 5.74) is 1.05. The van der Waals surface area contributed by atoms with E-state index in [1.165, 1.54) is 25.7 Å². The molecule has 0 aromatic heterocycles. The quantitative estimate of drug-likeness (QED) is 0.462. The Labute approximate surface area is 167 Å². The Kier molecular flexibility index (Phi) is 9.39. The maximum atomic E-state index is 12.3. The van der Waals surface area contributed by atoms with Gasteiger partial charge in [0.05, 0.1) is 0 Å². The first kappa shape index (κ1) is 21.8. The van der Waals surface area contributed by atoms with Crippen LogP contribution in [0.25, 0.3) is 0 Å². The van der Waals surface area contributed by atoms with E-state index >= 15 is 0 Å². The molecule has 28 heavy (non-hydrogen) atoms. The number of ether oxygens (including phenoxy) is 1. The number of rotatable bonds is 11. The third kappa shape index (κ3) is 7.62. The van der Waals surface area contributed by atoms with Crippen LogP contribution < -0.4 is 9.64 Å². The highest BCUT2D eigenvalue weighted by molar-refractivity contribution is 5.87. The van der Waals surface area contributed by atoms with Gasteiger partial charge in [-0.15, -0.1) is 0 Å². The highest BCUT2D eigenvalue weighted by Crippen LogP contribution is 2.21. The zero-order valence-electron chi connectivity index (χ0n) is 16.8. The van der Waals surface area contributed by atoms with E-state index in [4.69, 9.17) is 9.84 Å². The lowest BCUT2D eigenvalue weighted by atomic mass is 10.1. The Hall–Kier alpha value is -2.50. The molecule has 1 fully saturated rings. The van der Waals surface area contributed by atoms with Gasteiger partial charge in [-0.1, -0.05) is 38.7 Å². The van der Waals surface area contributed by atoms with Crippen LogP contribution in [0, 0.1) is 0 Å². The van der Waals surface area contributed by atoms with E-state index in [-0.39, 0.29) is 12.5 Å². The van der Waals surface area contributed by atoms with Crippen LogP contribution in [-0.4, -0.2) is 54.7 Å². The number of carboxylic acid groups (broad SMARTS) is 1. The molecule has 6 heteroatoms. The summed E-state index contributed by atoms with van der Waals surface area (Å²) in [6.45, 7) is 4.85. The third-order valence-corrected chi connectivity index (χ3v) is 4.89. The van der Waals surface area contributed by atoms with Gasteiger partial charge in [-0.3, -0.25) is 4.79 Å². The average molecular weight is 389 g/mol. The molecule has 0 unspecified atom stereocenters. The van der Waals surface area contributed by atoms with E-state index in [1.54, 1.807) is 18.2 Å². The molecule has 1 N–H and O–H groups in total. The first-order chi connectivity index (χ1) is 13.6. The Balaban J connectivity index is 1.70. The number of unbranched alkanes of at least 4 members (excludes halogenated alkanes) is 5. The number of amides is 1. The molecule has 0 spiro atoms. The lowest BCUT2D eigenvalue weighted by Crippen LogP contribution is -2.48. The molecular formula is C22H32N2O4. The number of aliphatic carboxylic acids is 1. The number of nitrogens with zero attached hydrogens (tertiary/aromatic N) is 2. The van der Waals surface area contributed by atoms with Gasteiger partial charge in [0.1, 0.15) is 5.75 Å². The fourth-order valence-corrected chi connectivity index (χ4v) is 3.24. The van der Waals surface area contributed by atoms with Crippen molar-refractivity contribution >= 4 is 17.6 Å². The number of benzene rings is 1. The van der Waals surface area contributed by atoms with Crippen molar-refractivity contribution in [3.8, 4) is 5.75 Å². The van der Waals surface area contributed by atoms with Gasteiger partial charge >= 0.3 is 5.97 Å². The largest absolute Gasteiger partial charge is 0.482 e. The van der Waals surface area contributed by atoms with Crippen LogP contribution in [0.2, 0.25) is 0 Å². The molecule has 2 rings (SSSR count). The predicted octanol–water partition coefficient (Wildman–Crippen LogP) is 3.72. The Morgan fingerprint density at radius 2 is 1.71 bits per heavy atom. The molecule has 1 aliphatic heterocycles. The first-order valence-corrected chi connectivity index (χ1v) is 10.2. The molecular weight excluding hydrogens is 356 g/mol. The van der Waals surface area contributed by atoms with Crippen molar-refractivity contribution in [2.24, 2.45) is 0 Å². The molecule has 0 aliphatic carbocycles. The van der Waals surface area contributed by atoms with Crippen LogP contribution in [-0.2, 0) is 9.59 Å². The van der Waals surface area contributed by atoms with E-state index < -0.39 is 5.97 Å². The third-order valence-electron chi connectivity index (χ3n) is 4.89. The number of carbonyl (C=O) groups is 2. The number of carboxylic acids is 1. The summed E-state index contributed by atoms with van der Waals surface area (Å²) in [5, 5.41) is 8.64. The fourth-order valence-electron chi connectivity index (χ4n) is 3.24. The maximum absolute atomic E-state index is 12.3.